The molecule has 3 unspecified atom stereocenters. The molecule has 2 aliphatic rings. The molecule has 0 spiro atoms. The number of fused-ring (bicyclic) bond motifs is 1. The minimum absolute atomic E-state index is 0.742. The van der Waals surface area contributed by atoms with Crippen LogP contribution in [-0.2, 0) is 0 Å². The van der Waals surface area contributed by atoms with E-state index in [9.17, 15) is 0 Å². The molecular weight excluding hydrogens is 184 g/mol. The van der Waals surface area contributed by atoms with Gasteiger partial charge in [-0.2, -0.15) is 0 Å². The van der Waals surface area contributed by atoms with Crippen LogP contribution in [0.5, 0.6) is 0 Å². The molecule has 0 radical (unpaired) electrons. The highest BCUT2D eigenvalue weighted by Gasteiger charge is 2.32. The van der Waals surface area contributed by atoms with Gasteiger partial charge < -0.3 is 4.57 Å². The van der Waals surface area contributed by atoms with E-state index in [0.717, 1.165) is 17.9 Å². The second-order valence-electron chi connectivity index (χ2n) is 5.28. The average Bonchev–Trinajstić information content (AvgIpc) is 2.82. The first-order valence-electron chi connectivity index (χ1n) is 6.41. The van der Waals surface area contributed by atoms with Crippen molar-refractivity contribution < 1.29 is 0 Å². The van der Waals surface area contributed by atoms with E-state index in [1.807, 2.05) is 12.5 Å². The lowest BCUT2D eigenvalue weighted by atomic mass is 9.69. The van der Waals surface area contributed by atoms with Gasteiger partial charge in [-0.1, -0.05) is 25.7 Å². The second kappa shape index (κ2) is 3.99. The van der Waals surface area contributed by atoms with Gasteiger partial charge in [0.2, 0.25) is 0 Å². The molecule has 0 bridgehead atoms. The summed E-state index contributed by atoms with van der Waals surface area (Å²) in [5, 5.41) is 0. The lowest BCUT2D eigenvalue weighted by Gasteiger charge is -2.39. The van der Waals surface area contributed by atoms with Crippen molar-refractivity contribution in [2.45, 2.75) is 51.0 Å². The van der Waals surface area contributed by atoms with E-state index in [-0.39, 0.29) is 0 Å². The normalized spacial score (nSPS) is 36.1. The summed E-state index contributed by atoms with van der Waals surface area (Å²) in [6.45, 7) is 0. The van der Waals surface area contributed by atoms with Gasteiger partial charge in [-0.15, -0.1) is 0 Å². The molecule has 2 nitrogen and oxygen atoms in total. The van der Waals surface area contributed by atoms with Gasteiger partial charge in [0, 0.05) is 18.4 Å². The maximum absolute atomic E-state index is 4.16. The first-order valence-corrected chi connectivity index (χ1v) is 6.41. The molecule has 1 aromatic rings. The molecule has 2 heteroatoms. The van der Waals surface area contributed by atoms with E-state index in [0.29, 0.717) is 0 Å². The van der Waals surface area contributed by atoms with Crippen LogP contribution in [0.15, 0.2) is 18.7 Å². The Morgan fingerprint density at radius 3 is 2.67 bits per heavy atom. The third-order valence-corrected chi connectivity index (χ3v) is 4.46. The zero-order valence-corrected chi connectivity index (χ0v) is 9.31. The van der Waals surface area contributed by atoms with Crippen LogP contribution in [0.1, 0.15) is 51.0 Å². The lowest BCUT2D eigenvalue weighted by Crippen LogP contribution is -2.28. The molecule has 0 N–H and O–H groups in total. The van der Waals surface area contributed by atoms with Crippen LogP contribution in [0.4, 0.5) is 0 Å². The minimum Gasteiger partial charge on any atom is -0.334 e. The smallest absolute Gasteiger partial charge is 0.0948 e. The van der Waals surface area contributed by atoms with Crippen molar-refractivity contribution >= 4 is 0 Å². The van der Waals surface area contributed by atoms with Crippen LogP contribution in [0.25, 0.3) is 0 Å². The molecule has 2 saturated carbocycles. The van der Waals surface area contributed by atoms with Gasteiger partial charge in [0.1, 0.15) is 0 Å². The van der Waals surface area contributed by atoms with Crippen molar-refractivity contribution in [1.29, 1.82) is 0 Å². The SMILES string of the molecule is c1cn(C2CCC3CCCCC3C2)cn1. The average molecular weight is 204 g/mol. The summed E-state index contributed by atoms with van der Waals surface area (Å²) < 4.78 is 2.32. The van der Waals surface area contributed by atoms with Crippen molar-refractivity contribution in [3.63, 3.8) is 0 Å². The van der Waals surface area contributed by atoms with E-state index in [2.05, 4.69) is 15.7 Å². The predicted octanol–water partition coefficient (Wildman–Crippen LogP) is 3.41. The van der Waals surface area contributed by atoms with Crippen LogP contribution in [0, 0.1) is 11.8 Å². The predicted molar refractivity (Wildman–Crippen MR) is 60.6 cm³/mol. The zero-order valence-electron chi connectivity index (χ0n) is 9.31. The van der Waals surface area contributed by atoms with Gasteiger partial charge in [0.05, 0.1) is 6.33 Å². The van der Waals surface area contributed by atoms with E-state index in [1.165, 1.54) is 44.9 Å². The standard InChI is InChI=1S/C13H20N2/c1-2-4-12-9-13(6-5-11(12)3-1)15-8-7-14-10-15/h7-8,10-13H,1-6,9H2. The summed E-state index contributed by atoms with van der Waals surface area (Å²) >= 11 is 0. The molecule has 2 fully saturated rings. The monoisotopic (exact) mass is 204 g/mol. The van der Waals surface area contributed by atoms with Crippen molar-refractivity contribution in [2.24, 2.45) is 11.8 Å². The molecule has 15 heavy (non-hydrogen) atoms. The summed E-state index contributed by atoms with van der Waals surface area (Å²) in [7, 11) is 0. The van der Waals surface area contributed by atoms with Crippen molar-refractivity contribution in [3.05, 3.63) is 18.7 Å². The molecule has 3 rings (SSSR count). The summed E-state index contributed by atoms with van der Waals surface area (Å²) in [5.41, 5.74) is 0. The summed E-state index contributed by atoms with van der Waals surface area (Å²) in [6, 6.07) is 0.742. The van der Waals surface area contributed by atoms with Crippen molar-refractivity contribution in [3.8, 4) is 0 Å². The lowest BCUT2D eigenvalue weighted by molar-refractivity contribution is 0.133. The largest absolute Gasteiger partial charge is 0.334 e. The highest BCUT2D eigenvalue weighted by Crippen LogP contribution is 2.44. The van der Waals surface area contributed by atoms with Crippen LogP contribution in [0.3, 0.4) is 0 Å². The van der Waals surface area contributed by atoms with Crippen molar-refractivity contribution in [1.82, 2.24) is 9.55 Å². The number of imidazole rings is 1. The Labute approximate surface area is 91.7 Å². The highest BCUT2D eigenvalue weighted by molar-refractivity contribution is 4.88. The number of hydrogen-bond acceptors (Lipinski definition) is 1. The maximum atomic E-state index is 4.16. The Morgan fingerprint density at radius 1 is 1.00 bits per heavy atom. The molecule has 82 valence electrons. The Morgan fingerprint density at radius 2 is 1.87 bits per heavy atom. The molecule has 0 amide bonds. The van der Waals surface area contributed by atoms with Gasteiger partial charge >= 0.3 is 0 Å². The molecule has 3 atom stereocenters. The molecule has 0 aromatic carbocycles. The van der Waals surface area contributed by atoms with Crippen LogP contribution in [-0.4, -0.2) is 9.55 Å². The molecule has 1 heterocycles. The van der Waals surface area contributed by atoms with Crippen LogP contribution >= 0.6 is 0 Å². The van der Waals surface area contributed by atoms with Gasteiger partial charge in [-0.25, -0.2) is 4.98 Å². The van der Waals surface area contributed by atoms with Crippen LogP contribution in [0.2, 0.25) is 0 Å². The number of nitrogens with zero attached hydrogens (tertiary/aromatic N) is 2. The molecule has 0 saturated heterocycles. The van der Waals surface area contributed by atoms with E-state index >= 15 is 0 Å². The number of aromatic nitrogens is 2. The Kier molecular flexibility index (Phi) is 2.51. The zero-order chi connectivity index (χ0) is 10.1. The number of rotatable bonds is 1. The molecule has 1 aromatic heterocycles. The molecular formula is C13H20N2. The fraction of sp³-hybridized carbons (Fsp3) is 0.769. The van der Waals surface area contributed by atoms with E-state index in [1.54, 1.807) is 0 Å². The van der Waals surface area contributed by atoms with Gasteiger partial charge in [0.25, 0.3) is 0 Å². The third-order valence-electron chi connectivity index (χ3n) is 4.46. The van der Waals surface area contributed by atoms with E-state index in [4.69, 9.17) is 0 Å². The minimum atomic E-state index is 0.742. The first-order chi connectivity index (χ1) is 7.43. The Balaban J connectivity index is 1.70. The Hall–Kier alpha value is -0.790. The molecule has 0 aliphatic heterocycles. The Bertz CT molecular complexity index is 304. The fourth-order valence-corrected chi connectivity index (χ4v) is 3.60. The fourth-order valence-electron chi connectivity index (χ4n) is 3.60. The summed E-state index contributed by atoms with van der Waals surface area (Å²) in [4.78, 5) is 4.16. The quantitative estimate of drug-likeness (QED) is 0.685. The van der Waals surface area contributed by atoms with Gasteiger partial charge in [-0.05, 0) is 31.1 Å². The van der Waals surface area contributed by atoms with Crippen molar-refractivity contribution in [2.75, 3.05) is 0 Å². The van der Waals surface area contributed by atoms with E-state index < -0.39 is 0 Å². The van der Waals surface area contributed by atoms with Gasteiger partial charge in [-0.3, -0.25) is 0 Å². The third kappa shape index (κ3) is 1.82. The van der Waals surface area contributed by atoms with Gasteiger partial charge in [0.15, 0.2) is 0 Å². The molecule has 2 aliphatic carbocycles. The highest BCUT2D eigenvalue weighted by atomic mass is 15.0. The number of hydrogen-bond donors (Lipinski definition) is 0. The maximum Gasteiger partial charge on any atom is 0.0948 e. The van der Waals surface area contributed by atoms with Crippen LogP contribution < -0.4 is 0 Å². The first kappa shape index (κ1) is 9.44. The second-order valence-corrected chi connectivity index (χ2v) is 5.28. The topological polar surface area (TPSA) is 17.8 Å². The summed E-state index contributed by atoms with van der Waals surface area (Å²) in [5.74, 6) is 2.07. The summed E-state index contributed by atoms with van der Waals surface area (Å²) in [6.07, 6.45) is 16.2.